The number of hydrogen-bond donors (Lipinski definition) is 1. The Morgan fingerprint density at radius 1 is 1.17 bits per heavy atom. The Labute approximate surface area is 178 Å². The molecule has 164 valence electrons. The number of pyridine rings is 1. The average Bonchev–Trinajstić information content (AvgIpc) is 2.76. The van der Waals surface area contributed by atoms with Gasteiger partial charge in [-0.1, -0.05) is 26.5 Å². The fourth-order valence-electron chi connectivity index (χ4n) is 4.44. The highest BCUT2D eigenvalue weighted by Gasteiger charge is 2.42. The molecule has 9 heteroatoms. The molecule has 2 atom stereocenters. The van der Waals surface area contributed by atoms with Gasteiger partial charge in [0.15, 0.2) is 0 Å². The quantitative estimate of drug-likeness (QED) is 0.704. The molecule has 1 N–H and O–H groups in total. The Balaban J connectivity index is 1.61. The van der Waals surface area contributed by atoms with Gasteiger partial charge in [-0.25, -0.2) is 12.7 Å². The molecule has 0 spiro atoms. The van der Waals surface area contributed by atoms with Gasteiger partial charge < -0.3 is 10.2 Å². The standard InChI is InChI=1S/C21H30N4O4S/c1-4-19(26)23-20-15(2)13-25(14-16(20)3)30(28,29)17-8-11-24(12-9-17)21(27)18-7-5-6-10-22-18/h4-7,10,15-17,20H,1,8-9,11-14H2,2-3H3,(H,23,26). The van der Waals surface area contributed by atoms with Gasteiger partial charge in [0.1, 0.15) is 5.69 Å². The van der Waals surface area contributed by atoms with Crippen LogP contribution in [-0.4, -0.2) is 71.9 Å². The van der Waals surface area contributed by atoms with E-state index in [0.29, 0.717) is 44.7 Å². The lowest BCUT2D eigenvalue weighted by Crippen LogP contribution is -2.57. The topological polar surface area (TPSA) is 99.7 Å². The van der Waals surface area contributed by atoms with Gasteiger partial charge in [-0.2, -0.15) is 0 Å². The highest BCUT2D eigenvalue weighted by Crippen LogP contribution is 2.29. The Hall–Kier alpha value is -2.26. The minimum atomic E-state index is -3.48. The van der Waals surface area contributed by atoms with Gasteiger partial charge in [-0.3, -0.25) is 14.6 Å². The van der Waals surface area contributed by atoms with Crippen molar-refractivity contribution < 1.29 is 18.0 Å². The van der Waals surface area contributed by atoms with Gasteiger partial charge >= 0.3 is 0 Å². The molecule has 0 aliphatic carbocycles. The molecule has 30 heavy (non-hydrogen) atoms. The molecule has 1 aromatic rings. The molecule has 3 heterocycles. The average molecular weight is 435 g/mol. The van der Waals surface area contributed by atoms with Crippen LogP contribution in [0.4, 0.5) is 0 Å². The minimum Gasteiger partial charge on any atom is -0.349 e. The summed E-state index contributed by atoms with van der Waals surface area (Å²) in [4.78, 5) is 30.0. The molecule has 0 aromatic carbocycles. The largest absolute Gasteiger partial charge is 0.349 e. The number of nitrogens with one attached hydrogen (secondary N) is 1. The number of carbonyl (C=O) groups is 2. The number of likely N-dealkylation sites (tertiary alicyclic amines) is 1. The predicted molar refractivity (Wildman–Crippen MR) is 114 cm³/mol. The zero-order valence-corrected chi connectivity index (χ0v) is 18.3. The van der Waals surface area contributed by atoms with Crippen LogP contribution in [0.1, 0.15) is 37.2 Å². The summed E-state index contributed by atoms with van der Waals surface area (Å²) in [6, 6.07) is 5.10. The monoisotopic (exact) mass is 434 g/mol. The molecule has 2 amide bonds. The molecule has 2 aliphatic rings. The van der Waals surface area contributed by atoms with Gasteiger partial charge in [0, 0.05) is 38.4 Å². The van der Waals surface area contributed by atoms with Crippen molar-refractivity contribution in [1.82, 2.24) is 19.5 Å². The Kier molecular flexibility index (Phi) is 6.92. The van der Waals surface area contributed by atoms with E-state index in [1.54, 1.807) is 33.6 Å². The zero-order valence-electron chi connectivity index (χ0n) is 17.5. The van der Waals surface area contributed by atoms with Gasteiger partial charge in [0.2, 0.25) is 15.9 Å². The van der Waals surface area contributed by atoms with E-state index < -0.39 is 15.3 Å². The molecule has 3 rings (SSSR count). The van der Waals surface area contributed by atoms with Crippen molar-refractivity contribution in [3.8, 4) is 0 Å². The van der Waals surface area contributed by atoms with Gasteiger partial charge in [-0.05, 0) is 42.9 Å². The van der Waals surface area contributed by atoms with Crippen LogP contribution in [0.25, 0.3) is 0 Å². The molecule has 2 aliphatic heterocycles. The highest BCUT2D eigenvalue weighted by atomic mass is 32.2. The fraction of sp³-hybridized carbons (Fsp3) is 0.571. The number of rotatable bonds is 5. The van der Waals surface area contributed by atoms with Crippen molar-refractivity contribution in [2.45, 2.75) is 38.0 Å². The van der Waals surface area contributed by atoms with Crippen LogP contribution < -0.4 is 5.32 Å². The van der Waals surface area contributed by atoms with Crippen LogP contribution in [0.2, 0.25) is 0 Å². The van der Waals surface area contributed by atoms with Crippen molar-refractivity contribution in [1.29, 1.82) is 0 Å². The molecular formula is C21H30N4O4S. The van der Waals surface area contributed by atoms with Crippen LogP contribution in [0.15, 0.2) is 37.1 Å². The summed E-state index contributed by atoms with van der Waals surface area (Å²) in [5, 5.41) is 2.43. The van der Waals surface area contributed by atoms with Crippen LogP contribution in [-0.2, 0) is 14.8 Å². The van der Waals surface area contributed by atoms with E-state index in [2.05, 4.69) is 16.9 Å². The second kappa shape index (κ2) is 9.26. The SMILES string of the molecule is C=CC(=O)NC1C(C)CN(S(=O)(=O)C2CCN(C(=O)c3ccccn3)CC2)CC1C. The first-order chi connectivity index (χ1) is 14.2. The molecule has 2 saturated heterocycles. The summed E-state index contributed by atoms with van der Waals surface area (Å²) in [5.74, 6) is -0.399. The first kappa shape index (κ1) is 22.4. The summed E-state index contributed by atoms with van der Waals surface area (Å²) in [5.41, 5.74) is 0.380. The number of sulfonamides is 1. The first-order valence-electron chi connectivity index (χ1n) is 10.4. The van der Waals surface area contributed by atoms with Crippen LogP contribution in [0, 0.1) is 11.8 Å². The summed E-state index contributed by atoms with van der Waals surface area (Å²) in [7, 11) is -3.48. The molecule has 1 aromatic heterocycles. The highest BCUT2D eigenvalue weighted by molar-refractivity contribution is 7.89. The van der Waals surface area contributed by atoms with E-state index in [-0.39, 0.29) is 29.7 Å². The number of carbonyl (C=O) groups excluding carboxylic acids is 2. The summed E-state index contributed by atoms with van der Waals surface area (Å²) < 4.78 is 28.1. The number of aromatic nitrogens is 1. The van der Waals surface area contributed by atoms with Gasteiger partial charge in [0.25, 0.3) is 5.91 Å². The van der Waals surface area contributed by atoms with Crippen molar-refractivity contribution in [2.75, 3.05) is 26.2 Å². The van der Waals surface area contributed by atoms with E-state index >= 15 is 0 Å². The Bertz CT molecular complexity index is 870. The van der Waals surface area contributed by atoms with Crippen molar-refractivity contribution in [2.24, 2.45) is 11.8 Å². The van der Waals surface area contributed by atoms with Gasteiger partial charge in [0.05, 0.1) is 5.25 Å². The summed E-state index contributed by atoms with van der Waals surface area (Å²) >= 11 is 0. The molecule has 0 saturated carbocycles. The smallest absolute Gasteiger partial charge is 0.272 e. The molecule has 0 radical (unpaired) electrons. The third-order valence-electron chi connectivity index (χ3n) is 6.10. The third kappa shape index (κ3) is 4.73. The zero-order chi connectivity index (χ0) is 21.9. The number of piperidine rings is 2. The molecule has 0 bridgehead atoms. The normalized spacial score (nSPS) is 26.2. The molecule has 8 nitrogen and oxygen atoms in total. The lowest BCUT2D eigenvalue weighted by atomic mass is 9.87. The minimum absolute atomic E-state index is 0.00162. The van der Waals surface area contributed by atoms with E-state index in [1.165, 1.54) is 6.08 Å². The maximum Gasteiger partial charge on any atom is 0.272 e. The van der Waals surface area contributed by atoms with E-state index in [1.807, 2.05) is 13.8 Å². The number of hydrogen-bond acceptors (Lipinski definition) is 5. The van der Waals surface area contributed by atoms with E-state index in [4.69, 9.17) is 0 Å². The van der Waals surface area contributed by atoms with Crippen LogP contribution in [0.3, 0.4) is 0 Å². The molecular weight excluding hydrogens is 404 g/mol. The molecule has 2 fully saturated rings. The van der Waals surface area contributed by atoms with Crippen molar-refractivity contribution in [3.05, 3.63) is 42.7 Å². The molecule has 2 unspecified atom stereocenters. The Morgan fingerprint density at radius 3 is 2.33 bits per heavy atom. The number of nitrogens with zero attached hydrogens (tertiary/aromatic N) is 3. The third-order valence-corrected chi connectivity index (χ3v) is 8.43. The summed E-state index contributed by atoms with van der Waals surface area (Å²) in [6.45, 7) is 8.95. The van der Waals surface area contributed by atoms with Gasteiger partial charge in [-0.15, -0.1) is 0 Å². The first-order valence-corrected chi connectivity index (χ1v) is 11.9. The summed E-state index contributed by atoms with van der Waals surface area (Å²) in [6.07, 6.45) is 3.64. The van der Waals surface area contributed by atoms with Crippen LogP contribution >= 0.6 is 0 Å². The van der Waals surface area contributed by atoms with E-state index in [9.17, 15) is 18.0 Å². The second-order valence-corrected chi connectivity index (χ2v) is 10.5. The van der Waals surface area contributed by atoms with Crippen molar-refractivity contribution in [3.63, 3.8) is 0 Å². The fourth-order valence-corrected chi connectivity index (χ4v) is 6.55. The van der Waals surface area contributed by atoms with Crippen molar-refractivity contribution >= 4 is 21.8 Å². The predicted octanol–water partition coefficient (Wildman–Crippen LogP) is 1.27. The lowest BCUT2D eigenvalue weighted by Gasteiger charge is -2.43. The van der Waals surface area contributed by atoms with E-state index in [0.717, 1.165) is 0 Å². The second-order valence-electron chi connectivity index (χ2n) is 8.26. The lowest BCUT2D eigenvalue weighted by molar-refractivity contribution is -0.118. The van der Waals surface area contributed by atoms with Crippen LogP contribution in [0.5, 0.6) is 0 Å². The maximum absolute atomic E-state index is 13.3. The number of amides is 2. The maximum atomic E-state index is 13.3. The Morgan fingerprint density at radius 2 is 1.80 bits per heavy atom.